The molecule has 4 fully saturated rings. The van der Waals surface area contributed by atoms with E-state index in [0.29, 0.717) is 12.0 Å². The van der Waals surface area contributed by atoms with Gasteiger partial charge >= 0.3 is 5.97 Å². The number of halogens is 2. The smallest absolute Gasteiger partial charge is 0.311 e. The van der Waals surface area contributed by atoms with Gasteiger partial charge in [-0.2, -0.15) is 0 Å². The highest BCUT2D eigenvalue weighted by atomic mass is 35.5. The number of fused-ring (bicyclic) bond motifs is 6. The van der Waals surface area contributed by atoms with Crippen LogP contribution >= 0.6 is 23.2 Å². The molecular formula is C30H34Cl2O5. The van der Waals surface area contributed by atoms with Crippen LogP contribution in [0.15, 0.2) is 48.1 Å². The number of hydrogen-bond donors (Lipinski definition) is 1. The molecule has 7 heteroatoms. The zero-order valence-corrected chi connectivity index (χ0v) is 23.2. The maximum Gasteiger partial charge on any atom is 0.311 e. The molecule has 0 amide bonds. The molecule has 37 heavy (non-hydrogen) atoms. The average molecular weight is 546 g/mol. The molecule has 1 N–H and O–H groups in total. The van der Waals surface area contributed by atoms with Crippen LogP contribution in [0.2, 0.25) is 0 Å². The molecule has 3 saturated carbocycles. The fourth-order valence-electron chi connectivity index (χ4n) is 8.91. The number of hydrogen-bond acceptors (Lipinski definition) is 5. The van der Waals surface area contributed by atoms with Gasteiger partial charge in [0, 0.05) is 16.4 Å². The van der Waals surface area contributed by atoms with Gasteiger partial charge in [0.15, 0.2) is 11.6 Å². The number of rotatable bonds is 1. The summed E-state index contributed by atoms with van der Waals surface area (Å²) >= 11 is 15.0. The lowest BCUT2D eigenvalue weighted by atomic mass is 9.46. The highest BCUT2D eigenvalue weighted by Crippen LogP contribution is 2.73. The SMILES string of the molecule is Cc1ccccc1C1(O)OCC(=O)[C@@]2(O1)[C@H](C)C[C@H]1[C@@H]3CCC4=CC(=O)C=C[C@]4(C)[C@@]3(Cl)[C@@H](Cl)C[C@@]12C. The van der Waals surface area contributed by atoms with Crippen LogP contribution in [0.4, 0.5) is 0 Å². The number of aliphatic hydroxyl groups is 1. The number of aryl methyl sites for hydroxylation is 1. The summed E-state index contributed by atoms with van der Waals surface area (Å²) in [7, 11) is 0. The van der Waals surface area contributed by atoms with Gasteiger partial charge in [0.2, 0.25) is 0 Å². The molecule has 0 aromatic heterocycles. The van der Waals surface area contributed by atoms with Gasteiger partial charge in [-0.25, -0.2) is 0 Å². The Labute approximate surface area is 228 Å². The van der Waals surface area contributed by atoms with Gasteiger partial charge in [-0.1, -0.05) is 56.7 Å². The molecular weight excluding hydrogens is 511 g/mol. The molecule has 5 nitrogen and oxygen atoms in total. The number of carbonyl (C=O) groups excluding carboxylic acids is 2. The molecule has 1 aliphatic heterocycles. The lowest BCUT2D eigenvalue weighted by Crippen LogP contribution is -2.70. The van der Waals surface area contributed by atoms with Crippen LogP contribution in [0.25, 0.3) is 0 Å². The van der Waals surface area contributed by atoms with Gasteiger partial charge in [-0.15, -0.1) is 23.2 Å². The van der Waals surface area contributed by atoms with Crippen LogP contribution in [-0.2, 0) is 25.0 Å². The second kappa shape index (κ2) is 8.02. The first-order valence-corrected chi connectivity index (χ1v) is 14.1. The molecule has 0 radical (unpaired) electrons. The number of carbonyl (C=O) groups is 2. The fourth-order valence-corrected chi connectivity index (χ4v) is 10.1. The summed E-state index contributed by atoms with van der Waals surface area (Å²) in [6, 6.07) is 7.38. The van der Waals surface area contributed by atoms with E-state index in [0.717, 1.165) is 30.4 Å². The van der Waals surface area contributed by atoms with E-state index in [-0.39, 0.29) is 35.9 Å². The maximum absolute atomic E-state index is 13.9. The molecule has 1 unspecified atom stereocenters. The van der Waals surface area contributed by atoms with E-state index in [1.807, 2.05) is 38.1 Å². The lowest BCUT2D eigenvalue weighted by molar-refractivity contribution is -0.431. The Bertz CT molecular complexity index is 1260. The predicted octanol–water partition coefficient (Wildman–Crippen LogP) is 5.58. The first-order chi connectivity index (χ1) is 17.3. The quantitative estimate of drug-likeness (QED) is 0.467. The van der Waals surface area contributed by atoms with Gasteiger partial charge in [-0.05, 0) is 68.1 Å². The third-order valence-corrected chi connectivity index (χ3v) is 12.3. The summed E-state index contributed by atoms with van der Waals surface area (Å²) in [5.41, 5.74) is -0.130. The summed E-state index contributed by atoms with van der Waals surface area (Å²) in [5.74, 6) is -2.33. The lowest BCUT2D eigenvalue weighted by Gasteiger charge is -2.64. The average Bonchev–Trinajstić information content (AvgIpc) is 3.05. The first-order valence-electron chi connectivity index (χ1n) is 13.3. The standard InChI is InChI=1S/C30H34Cl2O5/c1-17-7-5-6-8-21(17)30(35)36-16-25(34)29(37-30)18(2)13-23-22-10-9-19-14-20(33)11-12-26(19,3)28(22,32)24(31)15-27(23,29)4/h5-8,11-12,14,18,22-24,35H,9-10,13,15-16H2,1-4H3/t18-,22+,23+,24+,26+,27+,28+,29+,30?/m1/s1. The molecule has 0 bridgehead atoms. The summed E-state index contributed by atoms with van der Waals surface area (Å²) in [6.45, 7) is 7.89. The van der Waals surface area contributed by atoms with Crippen molar-refractivity contribution in [1.29, 1.82) is 0 Å². The molecule has 9 atom stereocenters. The molecule has 6 rings (SSSR count). The summed E-state index contributed by atoms with van der Waals surface area (Å²) in [4.78, 5) is 25.3. The van der Waals surface area contributed by atoms with Gasteiger partial charge in [-0.3, -0.25) is 9.59 Å². The third kappa shape index (κ3) is 3.04. The van der Waals surface area contributed by atoms with Crippen molar-refractivity contribution in [2.45, 2.75) is 75.2 Å². The normalized spacial score (nSPS) is 48.9. The van der Waals surface area contributed by atoms with Crippen LogP contribution in [0.5, 0.6) is 0 Å². The number of alkyl halides is 2. The van der Waals surface area contributed by atoms with E-state index in [2.05, 4.69) is 13.8 Å². The van der Waals surface area contributed by atoms with Gasteiger partial charge in [0.1, 0.15) is 12.2 Å². The Kier molecular flexibility index (Phi) is 5.58. The highest BCUT2D eigenvalue weighted by molar-refractivity contribution is 6.34. The van der Waals surface area contributed by atoms with Crippen molar-refractivity contribution in [3.8, 4) is 0 Å². The van der Waals surface area contributed by atoms with Crippen LogP contribution in [0, 0.1) is 35.5 Å². The zero-order chi connectivity index (χ0) is 26.6. The Balaban J connectivity index is 1.46. The van der Waals surface area contributed by atoms with Crippen molar-refractivity contribution in [1.82, 2.24) is 0 Å². The van der Waals surface area contributed by atoms with E-state index in [1.165, 1.54) is 0 Å². The van der Waals surface area contributed by atoms with Gasteiger partial charge in [0.05, 0.1) is 10.3 Å². The zero-order valence-electron chi connectivity index (χ0n) is 21.7. The molecule has 4 aliphatic carbocycles. The minimum absolute atomic E-state index is 0.00282. The van der Waals surface area contributed by atoms with Crippen molar-refractivity contribution < 1.29 is 24.2 Å². The molecule has 1 spiro atoms. The number of ketones is 2. The number of ether oxygens (including phenoxy) is 2. The largest absolute Gasteiger partial charge is 0.339 e. The van der Waals surface area contributed by atoms with Gasteiger partial charge < -0.3 is 14.6 Å². The van der Waals surface area contributed by atoms with Crippen molar-refractivity contribution in [3.05, 3.63) is 59.2 Å². The molecule has 1 saturated heterocycles. The topological polar surface area (TPSA) is 72.8 Å². The summed E-state index contributed by atoms with van der Waals surface area (Å²) in [6.07, 6.45) is 8.00. The Morgan fingerprint density at radius 3 is 2.59 bits per heavy atom. The molecule has 5 aliphatic rings. The monoisotopic (exact) mass is 544 g/mol. The number of allylic oxidation sites excluding steroid dienone is 4. The van der Waals surface area contributed by atoms with E-state index in [4.69, 9.17) is 32.7 Å². The van der Waals surface area contributed by atoms with Crippen LogP contribution in [0.1, 0.15) is 57.6 Å². The van der Waals surface area contributed by atoms with E-state index < -0.39 is 32.7 Å². The predicted molar refractivity (Wildman–Crippen MR) is 141 cm³/mol. The Hall–Kier alpha value is -1.50. The fraction of sp³-hybridized carbons (Fsp3) is 0.600. The van der Waals surface area contributed by atoms with Crippen LogP contribution in [0.3, 0.4) is 0 Å². The summed E-state index contributed by atoms with van der Waals surface area (Å²) in [5, 5.41) is 11.3. The maximum atomic E-state index is 13.9. The van der Waals surface area contributed by atoms with Crippen molar-refractivity contribution in [3.63, 3.8) is 0 Å². The molecule has 1 aromatic carbocycles. The Morgan fingerprint density at radius 2 is 1.86 bits per heavy atom. The van der Waals surface area contributed by atoms with Crippen LogP contribution in [-0.4, -0.2) is 39.1 Å². The second-order valence-corrected chi connectivity index (χ2v) is 13.5. The molecule has 198 valence electrons. The minimum atomic E-state index is -2.04. The van der Waals surface area contributed by atoms with Crippen molar-refractivity contribution in [2.24, 2.45) is 28.6 Å². The van der Waals surface area contributed by atoms with Crippen molar-refractivity contribution in [2.75, 3.05) is 6.61 Å². The van der Waals surface area contributed by atoms with E-state index in [9.17, 15) is 14.7 Å². The highest BCUT2D eigenvalue weighted by Gasteiger charge is 2.77. The summed E-state index contributed by atoms with van der Waals surface area (Å²) < 4.78 is 12.3. The minimum Gasteiger partial charge on any atom is -0.339 e. The number of benzene rings is 1. The Morgan fingerprint density at radius 1 is 1.14 bits per heavy atom. The number of Topliss-reactive ketones (excluding diaryl/α,β-unsaturated/α-hetero) is 1. The van der Waals surface area contributed by atoms with Crippen molar-refractivity contribution >= 4 is 34.8 Å². The second-order valence-electron chi connectivity index (χ2n) is 12.3. The molecule has 1 heterocycles. The van der Waals surface area contributed by atoms with E-state index in [1.54, 1.807) is 18.2 Å². The first kappa shape index (κ1) is 25.8. The molecule has 1 aromatic rings. The van der Waals surface area contributed by atoms with Gasteiger partial charge in [0.25, 0.3) is 0 Å². The van der Waals surface area contributed by atoms with Crippen LogP contribution < -0.4 is 0 Å². The third-order valence-electron chi connectivity index (χ3n) is 10.7. The van der Waals surface area contributed by atoms with E-state index >= 15 is 0 Å².